The maximum Gasteiger partial charge on any atom is 0.279 e. The third-order valence-electron chi connectivity index (χ3n) is 6.51. The normalized spacial score (nSPS) is 23.1. The fourth-order valence-corrected chi connectivity index (χ4v) is 4.75. The number of hydrogen-bond acceptors (Lipinski definition) is 2. The average Bonchev–Trinajstić information content (AvgIpc) is 3.31. The maximum atomic E-state index is 12.6. The van der Waals surface area contributed by atoms with Crippen LogP contribution in [0.2, 0.25) is 0 Å². The Morgan fingerprint density at radius 1 is 1.14 bits per heavy atom. The molecule has 1 aromatic heterocycles. The second kappa shape index (κ2) is 8.39. The van der Waals surface area contributed by atoms with Gasteiger partial charge in [0.05, 0.1) is 12.2 Å². The molecule has 4 rings (SSSR count). The first kappa shape index (κ1) is 19.1. The number of likely N-dealkylation sites (tertiary alicyclic amines) is 1. The van der Waals surface area contributed by atoms with Crippen molar-refractivity contribution in [1.82, 2.24) is 4.57 Å². The van der Waals surface area contributed by atoms with Crippen molar-refractivity contribution >= 4 is 17.3 Å². The van der Waals surface area contributed by atoms with E-state index >= 15 is 0 Å². The van der Waals surface area contributed by atoms with Crippen molar-refractivity contribution in [3.8, 4) is 0 Å². The van der Waals surface area contributed by atoms with Gasteiger partial charge in [-0.3, -0.25) is 4.79 Å². The number of aromatic nitrogens is 1. The van der Waals surface area contributed by atoms with Gasteiger partial charge in [0.1, 0.15) is 6.04 Å². The van der Waals surface area contributed by atoms with Crippen LogP contribution < -0.4 is 15.1 Å². The summed E-state index contributed by atoms with van der Waals surface area (Å²) in [6.07, 6.45) is 6.96. The predicted octanol–water partition coefficient (Wildman–Crippen LogP) is 2.62. The molecular weight excluding hydrogens is 348 g/mol. The van der Waals surface area contributed by atoms with Gasteiger partial charge in [-0.1, -0.05) is 6.92 Å². The summed E-state index contributed by atoms with van der Waals surface area (Å²) in [5.41, 5.74) is 3.49. The van der Waals surface area contributed by atoms with Crippen molar-refractivity contribution < 1.29 is 9.69 Å². The van der Waals surface area contributed by atoms with E-state index in [1.807, 2.05) is 12.1 Å². The lowest BCUT2D eigenvalue weighted by molar-refractivity contribution is -0.910. The number of nitrogens with one attached hydrogen (secondary N) is 2. The van der Waals surface area contributed by atoms with Crippen molar-refractivity contribution in [2.45, 2.75) is 38.6 Å². The molecule has 2 aliphatic rings. The molecule has 0 aliphatic carbocycles. The summed E-state index contributed by atoms with van der Waals surface area (Å²) in [5.74, 6) is 0.943. The minimum absolute atomic E-state index is 0.107. The number of nitrogens with zero attached hydrogens (tertiary/aromatic N) is 2. The van der Waals surface area contributed by atoms with Gasteiger partial charge in [0, 0.05) is 50.6 Å². The van der Waals surface area contributed by atoms with Crippen LogP contribution in [0.5, 0.6) is 0 Å². The molecule has 5 nitrogen and oxygen atoms in total. The van der Waals surface area contributed by atoms with Crippen LogP contribution in [0.3, 0.4) is 0 Å². The highest BCUT2D eigenvalue weighted by molar-refractivity contribution is 5.91. The Kier molecular flexibility index (Phi) is 5.72. The number of amides is 1. The molecule has 2 aliphatic heterocycles. The van der Waals surface area contributed by atoms with Crippen molar-refractivity contribution in [2.75, 3.05) is 36.4 Å². The molecule has 1 unspecified atom stereocenters. The number of benzene rings is 1. The van der Waals surface area contributed by atoms with E-state index in [0.717, 1.165) is 37.7 Å². The fraction of sp³-hybridized carbons (Fsp3) is 0.522. The third-order valence-corrected chi connectivity index (χ3v) is 6.51. The largest absolute Gasteiger partial charge is 0.372 e. The zero-order valence-corrected chi connectivity index (χ0v) is 17.2. The Hall–Kier alpha value is -2.27. The molecule has 0 saturated carbocycles. The molecule has 0 spiro atoms. The topological polar surface area (TPSA) is 41.7 Å². The first-order chi connectivity index (χ1) is 13.6. The number of rotatable bonds is 5. The van der Waals surface area contributed by atoms with Crippen molar-refractivity contribution in [3.63, 3.8) is 0 Å². The van der Waals surface area contributed by atoms with E-state index in [9.17, 15) is 4.79 Å². The van der Waals surface area contributed by atoms with Gasteiger partial charge in [-0.2, -0.15) is 0 Å². The van der Waals surface area contributed by atoms with Gasteiger partial charge >= 0.3 is 0 Å². The molecule has 2 fully saturated rings. The van der Waals surface area contributed by atoms with E-state index < -0.39 is 0 Å². The van der Waals surface area contributed by atoms with Gasteiger partial charge in [-0.15, -0.1) is 0 Å². The number of aryl methyl sites for hydroxylation is 1. The highest BCUT2D eigenvalue weighted by Crippen LogP contribution is 2.24. The monoisotopic (exact) mass is 381 g/mol. The maximum absolute atomic E-state index is 12.6. The second-order valence-corrected chi connectivity index (χ2v) is 8.59. The van der Waals surface area contributed by atoms with Crippen LogP contribution in [0.4, 0.5) is 11.4 Å². The van der Waals surface area contributed by atoms with Gasteiger partial charge < -0.3 is 19.7 Å². The van der Waals surface area contributed by atoms with Crippen LogP contribution in [0.1, 0.15) is 44.3 Å². The Labute approximate surface area is 168 Å². The molecule has 2 atom stereocenters. The molecule has 2 aromatic rings. The third kappa shape index (κ3) is 4.25. The lowest BCUT2D eigenvalue weighted by Crippen LogP contribution is -3.11. The molecule has 0 bridgehead atoms. The lowest BCUT2D eigenvalue weighted by atomic mass is 9.99. The molecule has 3 heterocycles. The summed E-state index contributed by atoms with van der Waals surface area (Å²) in [5, 5.41) is 3.10. The Bertz CT molecular complexity index is 789. The van der Waals surface area contributed by atoms with Crippen molar-refractivity contribution in [2.24, 2.45) is 13.0 Å². The summed E-state index contributed by atoms with van der Waals surface area (Å²) in [6.45, 7) is 6.19. The van der Waals surface area contributed by atoms with E-state index in [0.29, 0.717) is 12.6 Å². The molecule has 150 valence electrons. The van der Waals surface area contributed by atoms with Crippen LogP contribution in [0.15, 0.2) is 42.6 Å². The molecule has 1 amide bonds. The number of anilines is 2. The zero-order chi connectivity index (χ0) is 19.5. The van der Waals surface area contributed by atoms with Crippen LogP contribution in [-0.4, -0.2) is 36.7 Å². The minimum Gasteiger partial charge on any atom is -0.372 e. The summed E-state index contributed by atoms with van der Waals surface area (Å²) < 4.78 is 2.19. The molecule has 2 N–H and O–H groups in total. The number of quaternary nitrogens is 1. The van der Waals surface area contributed by atoms with Crippen LogP contribution in [0.25, 0.3) is 0 Å². The van der Waals surface area contributed by atoms with Gasteiger partial charge in [0.25, 0.3) is 5.91 Å². The molecule has 2 saturated heterocycles. The Balaban J connectivity index is 1.33. The van der Waals surface area contributed by atoms with Gasteiger partial charge in [-0.05, 0) is 55.2 Å². The molecule has 0 radical (unpaired) electrons. The zero-order valence-electron chi connectivity index (χ0n) is 17.2. The smallest absolute Gasteiger partial charge is 0.279 e. The quantitative estimate of drug-likeness (QED) is 0.836. The Morgan fingerprint density at radius 2 is 1.89 bits per heavy atom. The number of carbonyl (C=O) groups is 1. The van der Waals surface area contributed by atoms with Crippen LogP contribution in [-0.2, 0) is 11.8 Å². The second-order valence-electron chi connectivity index (χ2n) is 8.59. The van der Waals surface area contributed by atoms with E-state index in [1.54, 1.807) is 0 Å². The summed E-state index contributed by atoms with van der Waals surface area (Å²) in [6, 6.07) is 13.1. The first-order valence-corrected chi connectivity index (χ1v) is 10.7. The first-order valence-electron chi connectivity index (χ1n) is 10.7. The van der Waals surface area contributed by atoms with Crippen molar-refractivity contribution in [1.29, 1.82) is 0 Å². The van der Waals surface area contributed by atoms with E-state index in [2.05, 4.69) is 59.2 Å². The van der Waals surface area contributed by atoms with Crippen molar-refractivity contribution in [3.05, 3.63) is 48.3 Å². The number of piperidine rings is 1. The number of hydrogen-bond donors (Lipinski definition) is 2. The molecule has 28 heavy (non-hydrogen) atoms. The highest BCUT2D eigenvalue weighted by atomic mass is 16.2. The van der Waals surface area contributed by atoms with Crippen LogP contribution in [0, 0.1) is 5.92 Å². The number of carbonyl (C=O) groups excluding carboxylic acids is 1. The van der Waals surface area contributed by atoms with Gasteiger partial charge in [0.15, 0.2) is 6.54 Å². The van der Waals surface area contributed by atoms with E-state index in [1.165, 1.54) is 35.5 Å². The summed E-state index contributed by atoms with van der Waals surface area (Å²) in [4.78, 5) is 16.5. The SMILES string of the molecule is CC1CCN(c2ccc(NC(=O)C[NH+]3CCC[C@H]3c3cccn3C)cc2)CC1. The molecule has 1 aromatic carbocycles. The average molecular weight is 382 g/mol. The molecule has 5 heteroatoms. The van der Waals surface area contributed by atoms with Crippen LogP contribution >= 0.6 is 0 Å². The fourth-order valence-electron chi connectivity index (χ4n) is 4.75. The predicted molar refractivity (Wildman–Crippen MR) is 114 cm³/mol. The summed E-state index contributed by atoms with van der Waals surface area (Å²) >= 11 is 0. The lowest BCUT2D eigenvalue weighted by Gasteiger charge is -2.32. The van der Waals surface area contributed by atoms with Gasteiger partial charge in [-0.25, -0.2) is 0 Å². The summed E-state index contributed by atoms with van der Waals surface area (Å²) in [7, 11) is 2.09. The molecular formula is C23H33N4O+. The minimum atomic E-state index is 0.107. The van der Waals surface area contributed by atoms with Gasteiger partial charge in [0.2, 0.25) is 0 Å². The Morgan fingerprint density at radius 3 is 2.57 bits per heavy atom. The standard InChI is InChI=1S/C23H32N4O/c1-18-11-15-26(16-12-18)20-9-7-19(8-10-20)24-23(28)17-27-14-4-6-22(27)21-5-3-13-25(21)2/h3,5,7-10,13,18,22H,4,6,11-12,14-17H2,1-2H3,(H,24,28)/p+1/t22-/m0/s1. The van der Waals surface area contributed by atoms with E-state index in [4.69, 9.17) is 0 Å². The van der Waals surface area contributed by atoms with E-state index in [-0.39, 0.29) is 5.91 Å². The highest BCUT2D eigenvalue weighted by Gasteiger charge is 2.32.